The first-order valence-electron chi connectivity index (χ1n) is 19.7. The van der Waals surface area contributed by atoms with Gasteiger partial charge in [0.05, 0.1) is 18.2 Å². The molecule has 11 nitrogen and oxygen atoms in total. The van der Waals surface area contributed by atoms with Gasteiger partial charge in [-0.2, -0.15) is 0 Å². The summed E-state index contributed by atoms with van der Waals surface area (Å²) in [5, 5.41) is 8.34. The zero-order valence-corrected chi connectivity index (χ0v) is 37.2. The summed E-state index contributed by atoms with van der Waals surface area (Å²) in [4.78, 5) is 60.0. The Morgan fingerprint density at radius 2 is 0.984 bits per heavy atom. The van der Waals surface area contributed by atoms with Gasteiger partial charge < -0.3 is 24.5 Å². The van der Waals surface area contributed by atoms with Crippen LogP contribution in [0.15, 0.2) is 122 Å². The molecule has 0 unspecified atom stereocenters. The monoisotopic (exact) mass is 898 g/mol. The van der Waals surface area contributed by atoms with E-state index in [2.05, 4.69) is 20.6 Å². The molecular formula is C49H41Cl3N6O5. The highest BCUT2D eigenvalue weighted by Crippen LogP contribution is 2.31. The Hall–Kier alpha value is -6.79. The van der Waals surface area contributed by atoms with Gasteiger partial charge in [0, 0.05) is 86.2 Å². The highest BCUT2D eigenvalue weighted by Gasteiger charge is 2.27. The third-order valence-corrected chi connectivity index (χ3v) is 11.2. The van der Waals surface area contributed by atoms with Gasteiger partial charge in [-0.1, -0.05) is 82.3 Å². The Kier molecular flexibility index (Phi) is 13.4. The van der Waals surface area contributed by atoms with E-state index in [1.807, 2.05) is 122 Å². The van der Waals surface area contributed by atoms with Gasteiger partial charge in [-0.05, 0) is 106 Å². The van der Waals surface area contributed by atoms with E-state index in [9.17, 15) is 19.2 Å². The molecule has 0 atom stereocenters. The number of benzene rings is 4. The summed E-state index contributed by atoms with van der Waals surface area (Å²) in [6.07, 6.45) is 2.97. The number of aryl methyl sites for hydroxylation is 2. The first-order valence-corrected chi connectivity index (χ1v) is 20.8. The summed E-state index contributed by atoms with van der Waals surface area (Å²) in [5.74, 6) is -2.29. The van der Waals surface area contributed by atoms with Crippen LogP contribution in [0.5, 0.6) is 5.88 Å². The minimum atomic E-state index is -0.725. The van der Waals surface area contributed by atoms with Crippen LogP contribution in [-0.4, -0.2) is 49.6 Å². The Morgan fingerprint density at radius 3 is 1.41 bits per heavy atom. The van der Waals surface area contributed by atoms with Crippen molar-refractivity contribution < 1.29 is 23.9 Å². The standard InChI is InChI=1S/C25H22ClN3O3.C24H19Cl2N3O2/c1-15-4-9-21-20(12-15)23(16(2)29(21)14-17-5-7-18(26)8-6-17)24(30)25(31)28-19-10-11-27-22(13-19)32-3;1-14-3-8-20-19(11-14)22(15(2)29(20)13-16-4-6-17(25)7-5-16)23(30)24(31)28-18-9-10-27-21(26)12-18/h4-13H,14H2,1-3H3,(H,27,28,31);3-12H,13H2,1-2H3,(H,27,28,31). The molecule has 0 bridgehead atoms. The first kappa shape index (κ1) is 44.3. The van der Waals surface area contributed by atoms with Crippen LogP contribution in [0.4, 0.5) is 11.4 Å². The molecule has 0 saturated carbocycles. The molecule has 4 aromatic carbocycles. The highest BCUT2D eigenvalue weighted by molar-refractivity contribution is 6.49. The number of nitrogens with one attached hydrogen (secondary N) is 2. The molecule has 0 aliphatic carbocycles. The van der Waals surface area contributed by atoms with Crippen molar-refractivity contribution in [2.45, 2.75) is 40.8 Å². The molecule has 0 saturated heterocycles. The Labute approximate surface area is 378 Å². The molecular weight excluding hydrogens is 859 g/mol. The number of nitrogens with zero attached hydrogens (tertiary/aromatic N) is 4. The van der Waals surface area contributed by atoms with E-state index in [0.717, 1.165) is 55.4 Å². The van der Waals surface area contributed by atoms with Crippen molar-refractivity contribution in [2.75, 3.05) is 17.7 Å². The number of hydrogen-bond donors (Lipinski definition) is 2. The number of methoxy groups -OCH3 is 1. The van der Waals surface area contributed by atoms with Gasteiger partial charge in [0.2, 0.25) is 5.88 Å². The SMILES string of the molecule is COc1cc(NC(=O)C(=O)c2c(C)n(Cc3ccc(Cl)cc3)c3ccc(C)cc23)ccn1.Cc1ccc2c(c1)c(C(=O)C(=O)Nc1ccnc(Cl)c1)c(C)n2Cc1ccc(Cl)cc1. The molecule has 318 valence electrons. The lowest BCUT2D eigenvalue weighted by molar-refractivity contribution is -0.113. The maximum Gasteiger partial charge on any atom is 0.296 e. The molecule has 4 heterocycles. The molecule has 14 heteroatoms. The molecule has 0 radical (unpaired) electrons. The lowest BCUT2D eigenvalue weighted by Gasteiger charge is -2.09. The zero-order chi connectivity index (χ0) is 44.9. The second kappa shape index (κ2) is 19.1. The van der Waals surface area contributed by atoms with E-state index < -0.39 is 23.4 Å². The van der Waals surface area contributed by atoms with Crippen LogP contribution < -0.4 is 15.4 Å². The number of ether oxygens (including phenoxy) is 1. The number of rotatable bonds is 11. The van der Waals surface area contributed by atoms with Crippen LogP contribution in [0.25, 0.3) is 21.8 Å². The molecule has 0 spiro atoms. The number of aromatic nitrogens is 4. The van der Waals surface area contributed by atoms with Crippen molar-refractivity contribution in [3.05, 3.63) is 182 Å². The number of hydrogen-bond acceptors (Lipinski definition) is 7. The van der Waals surface area contributed by atoms with Crippen molar-refractivity contribution in [3.8, 4) is 5.88 Å². The number of anilines is 2. The largest absolute Gasteiger partial charge is 0.481 e. The lowest BCUT2D eigenvalue weighted by atomic mass is 10.0. The topological polar surface area (TPSA) is 137 Å². The second-order valence-corrected chi connectivity index (χ2v) is 16.2. The van der Waals surface area contributed by atoms with E-state index in [1.54, 1.807) is 18.2 Å². The van der Waals surface area contributed by atoms with Crippen molar-refractivity contribution in [2.24, 2.45) is 0 Å². The van der Waals surface area contributed by atoms with Crippen LogP contribution in [-0.2, 0) is 22.7 Å². The number of carbonyl (C=O) groups is 4. The van der Waals surface area contributed by atoms with E-state index in [1.165, 1.54) is 25.6 Å². The highest BCUT2D eigenvalue weighted by atomic mass is 35.5. The first-order chi connectivity index (χ1) is 30.2. The van der Waals surface area contributed by atoms with Crippen LogP contribution in [0, 0.1) is 27.7 Å². The minimum absolute atomic E-state index is 0.233. The number of fused-ring (bicyclic) bond motifs is 2. The Morgan fingerprint density at radius 1 is 0.556 bits per heavy atom. The maximum atomic E-state index is 13.3. The third kappa shape index (κ3) is 9.97. The molecule has 8 aromatic rings. The van der Waals surface area contributed by atoms with Crippen molar-refractivity contribution in [3.63, 3.8) is 0 Å². The number of halogens is 3. The number of pyridine rings is 2. The maximum absolute atomic E-state index is 13.3. The summed E-state index contributed by atoms with van der Waals surface area (Å²) < 4.78 is 9.17. The quantitative estimate of drug-likeness (QED) is 0.0749. The number of Topliss-reactive ketones (excluding diaryl/α,β-unsaturated/α-hetero) is 2. The van der Waals surface area contributed by atoms with Crippen LogP contribution in [0.3, 0.4) is 0 Å². The van der Waals surface area contributed by atoms with Gasteiger partial charge in [0.25, 0.3) is 23.4 Å². The molecule has 0 fully saturated rings. The number of ketones is 2. The average Bonchev–Trinajstić information content (AvgIpc) is 3.68. The number of amides is 2. The van der Waals surface area contributed by atoms with Crippen molar-refractivity contribution in [1.29, 1.82) is 0 Å². The fourth-order valence-corrected chi connectivity index (χ4v) is 7.83. The van der Waals surface area contributed by atoms with E-state index in [0.29, 0.717) is 51.5 Å². The average molecular weight is 900 g/mol. The molecule has 4 aromatic heterocycles. The van der Waals surface area contributed by atoms with Crippen LogP contribution >= 0.6 is 34.8 Å². The minimum Gasteiger partial charge on any atom is -0.481 e. The molecule has 0 aliphatic rings. The smallest absolute Gasteiger partial charge is 0.296 e. The van der Waals surface area contributed by atoms with E-state index in [4.69, 9.17) is 39.5 Å². The normalized spacial score (nSPS) is 10.9. The Balaban J connectivity index is 0.000000189. The second-order valence-electron chi connectivity index (χ2n) is 14.9. The molecule has 2 N–H and O–H groups in total. The predicted molar refractivity (Wildman–Crippen MR) is 250 cm³/mol. The van der Waals surface area contributed by atoms with Gasteiger partial charge in [0.1, 0.15) is 5.15 Å². The predicted octanol–water partition coefficient (Wildman–Crippen LogP) is 11.0. The van der Waals surface area contributed by atoms with Crippen molar-refractivity contribution >= 4 is 91.4 Å². The van der Waals surface area contributed by atoms with Gasteiger partial charge in [-0.3, -0.25) is 19.2 Å². The summed E-state index contributed by atoms with van der Waals surface area (Å²) >= 11 is 17.9. The van der Waals surface area contributed by atoms with Gasteiger partial charge in [-0.25, -0.2) is 9.97 Å². The summed E-state index contributed by atoms with van der Waals surface area (Å²) in [5.41, 5.74) is 8.98. The fourth-order valence-electron chi connectivity index (χ4n) is 7.40. The summed E-state index contributed by atoms with van der Waals surface area (Å²) in [7, 11) is 1.49. The lowest BCUT2D eigenvalue weighted by Crippen LogP contribution is -2.23. The van der Waals surface area contributed by atoms with Gasteiger partial charge in [0.15, 0.2) is 0 Å². The molecule has 8 rings (SSSR count). The van der Waals surface area contributed by atoms with Crippen LogP contribution in [0.2, 0.25) is 15.2 Å². The zero-order valence-electron chi connectivity index (χ0n) is 34.9. The summed E-state index contributed by atoms with van der Waals surface area (Å²) in [6, 6.07) is 33.2. The van der Waals surface area contributed by atoms with Crippen LogP contribution in [0.1, 0.15) is 54.4 Å². The number of carbonyl (C=O) groups excluding carboxylic acids is 4. The molecule has 2 amide bonds. The van der Waals surface area contributed by atoms with E-state index >= 15 is 0 Å². The Bertz CT molecular complexity index is 3050. The van der Waals surface area contributed by atoms with Gasteiger partial charge >= 0.3 is 0 Å². The third-order valence-electron chi connectivity index (χ3n) is 10.5. The van der Waals surface area contributed by atoms with Gasteiger partial charge in [-0.15, -0.1) is 0 Å². The fraction of sp³-hybridized carbons (Fsp3) is 0.143. The van der Waals surface area contributed by atoms with E-state index in [-0.39, 0.29) is 5.15 Å². The summed E-state index contributed by atoms with van der Waals surface area (Å²) in [6.45, 7) is 8.74. The molecule has 63 heavy (non-hydrogen) atoms. The van der Waals surface area contributed by atoms with Crippen molar-refractivity contribution in [1.82, 2.24) is 19.1 Å². The molecule has 0 aliphatic heterocycles.